The molecule has 0 atom stereocenters. The fourth-order valence-corrected chi connectivity index (χ4v) is 3.88. The van der Waals surface area contributed by atoms with Gasteiger partial charge in [0.1, 0.15) is 5.69 Å². The molecule has 0 saturated heterocycles. The van der Waals surface area contributed by atoms with Crippen molar-refractivity contribution in [3.63, 3.8) is 0 Å². The summed E-state index contributed by atoms with van der Waals surface area (Å²) in [4.78, 5) is 18.6. The Hall–Kier alpha value is -4.34. The monoisotopic (exact) mass is 494 g/mol. The SMILES string of the molecule is CN(C)C(=O)c1cccc(Nc2c(N=C(c3ccc4c(c3)OCO4)C(C)(C)C)c(O)n(C)c2O)c1O. The van der Waals surface area contributed by atoms with Crippen molar-refractivity contribution in [1.82, 2.24) is 9.47 Å². The number of phenols is 1. The lowest BCUT2D eigenvalue weighted by Gasteiger charge is -2.22. The van der Waals surface area contributed by atoms with Crippen molar-refractivity contribution in [2.75, 3.05) is 26.2 Å². The molecule has 1 amide bonds. The van der Waals surface area contributed by atoms with Gasteiger partial charge < -0.3 is 35.0 Å². The molecule has 3 aromatic rings. The maximum Gasteiger partial charge on any atom is 0.257 e. The lowest BCUT2D eigenvalue weighted by Crippen LogP contribution is -2.21. The molecule has 0 fully saturated rings. The van der Waals surface area contributed by atoms with Crippen LogP contribution in [-0.2, 0) is 7.05 Å². The number of hydrogen-bond donors (Lipinski definition) is 4. The molecule has 10 nitrogen and oxygen atoms in total. The third-order valence-corrected chi connectivity index (χ3v) is 5.82. The smallest absolute Gasteiger partial charge is 0.257 e. The Kier molecular flexibility index (Phi) is 6.21. The predicted molar refractivity (Wildman–Crippen MR) is 136 cm³/mol. The molecule has 1 aliphatic heterocycles. The van der Waals surface area contributed by atoms with Crippen LogP contribution in [0.3, 0.4) is 0 Å². The van der Waals surface area contributed by atoms with Gasteiger partial charge in [-0.3, -0.25) is 9.36 Å². The molecule has 4 N–H and O–H groups in total. The third-order valence-electron chi connectivity index (χ3n) is 5.82. The zero-order valence-electron chi connectivity index (χ0n) is 21.1. The van der Waals surface area contributed by atoms with Crippen molar-refractivity contribution < 1.29 is 29.6 Å². The average molecular weight is 495 g/mol. The van der Waals surface area contributed by atoms with Gasteiger partial charge in [-0.2, -0.15) is 0 Å². The van der Waals surface area contributed by atoms with E-state index in [1.807, 2.05) is 32.9 Å². The van der Waals surface area contributed by atoms with Gasteiger partial charge >= 0.3 is 0 Å². The van der Waals surface area contributed by atoms with Crippen LogP contribution in [-0.4, -0.2) is 57.3 Å². The lowest BCUT2D eigenvalue weighted by atomic mass is 9.85. The van der Waals surface area contributed by atoms with Gasteiger partial charge in [0.25, 0.3) is 5.91 Å². The number of para-hydroxylation sites is 1. The highest BCUT2D eigenvalue weighted by Crippen LogP contribution is 2.48. The zero-order chi connectivity index (χ0) is 26.4. The van der Waals surface area contributed by atoms with E-state index >= 15 is 0 Å². The van der Waals surface area contributed by atoms with E-state index in [4.69, 9.17) is 14.5 Å². The fraction of sp³-hybridized carbons (Fsp3) is 0.308. The van der Waals surface area contributed by atoms with Gasteiger partial charge in [0.05, 0.1) is 17.0 Å². The molecule has 0 aliphatic carbocycles. The van der Waals surface area contributed by atoms with Gasteiger partial charge in [-0.15, -0.1) is 0 Å². The summed E-state index contributed by atoms with van der Waals surface area (Å²) in [6, 6.07) is 10.1. The van der Waals surface area contributed by atoms with Gasteiger partial charge in [0.2, 0.25) is 18.6 Å². The Morgan fingerprint density at radius 3 is 2.42 bits per heavy atom. The number of nitrogens with one attached hydrogen (secondary N) is 1. The number of carbonyl (C=O) groups is 1. The van der Waals surface area contributed by atoms with E-state index in [9.17, 15) is 20.1 Å². The summed E-state index contributed by atoms with van der Waals surface area (Å²) in [6.45, 7) is 6.07. The number of ether oxygens (including phenoxy) is 2. The first-order valence-electron chi connectivity index (χ1n) is 11.3. The second-order valence-corrected chi connectivity index (χ2v) is 9.73. The first-order valence-corrected chi connectivity index (χ1v) is 11.3. The molecule has 0 bridgehead atoms. The Morgan fingerprint density at radius 1 is 1.06 bits per heavy atom. The number of aromatic hydroxyl groups is 3. The van der Waals surface area contributed by atoms with Crippen molar-refractivity contribution in [1.29, 1.82) is 0 Å². The topological polar surface area (TPSA) is 129 Å². The van der Waals surface area contributed by atoms with Gasteiger partial charge in [0.15, 0.2) is 22.9 Å². The van der Waals surface area contributed by atoms with Crippen LogP contribution < -0.4 is 14.8 Å². The van der Waals surface area contributed by atoms with E-state index in [1.165, 1.54) is 22.6 Å². The van der Waals surface area contributed by atoms with Crippen LogP contribution in [0.2, 0.25) is 0 Å². The first-order chi connectivity index (χ1) is 16.9. The molecule has 10 heteroatoms. The van der Waals surface area contributed by atoms with E-state index in [1.54, 1.807) is 32.3 Å². The van der Waals surface area contributed by atoms with Crippen molar-refractivity contribution in [2.24, 2.45) is 17.5 Å². The van der Waals surface area contributed by atoms with Gasteiger partial charge in [-0.1, -0.05) is 26.8 Å². The van der Waals surface area contributed by atoms with Crippen molar-refractivity contribution >= 4 is 28.7 Å². The molecule has 2 heterocycles. The molecule has 1 aromatic heterocycles. The molecule has 0 saturated carbocycles. The summed E-state index contributed by atoms with van der Waals surface area (Å²) in [6.07, 6.45) is 0. The molecular formula is C26H30N4O6. The van der Waals surface area contributed by atoms with Gasteiger partial charge in [-0.05, 0) is 30.3 Å². The summed E-state index contributed by atoms with van der Waals surface area (Å²) >= 11 is 0. The first kappa shape index (κ1) is 24.8. The van der Waals surface area contributed by atoms with Crippen LogP contribution in [0.4, 0.5) is 17.1 Å². The Morgan fingerprint density at radius 2 is 1.75 bits per heavy atom. The fourth-order valence-electron chi connectivity index (χ4n) is 3.88. The van der Waals surface area contributed by atoms with Crippen LogP contribution in [0.25, 0.3) is 0 Å². The maximum atomic E-state index is 12.5. The normalized spacial score (nSPS) is 13.1. The van der Waals surface area contributed by atoms with E-state index in [2.05, 4.69) is 5.32 Å². The Bertz CT molecular complexity index is 1370. The molecule has 1 aliphatic rings. The number of anilines is 2. The highest BCUT2D eigenvalue weighted by Gasteiger charge is 2.28. The summed E-state index contributed by atoms with van der Waals surface area (Å²) < 4.78 is 12.1. The summed E-state index contributed by atoms with van der Waals surface area (Å²) in [5.74, 6) is -0.0214. The summed E-state index contributed by atoms with van der Waals surface area (Å²) in [5.41, 5.74) is 1.30. The van der Waals surface area contributed by atoms with Gasteiger partial charge in [-0.25, -0.2) is 4.99 Å². The number of nitrogens with zero attached hydrogens (tertiary/aromatic N) is 3. The van der Waals surface area contributed by atoms with Crippen LogP contribution in [0.1, 0.15) is 36.7 Å². The predicted octanol–water partition coefficient (Wildman–Crippen LogP) is 4.48. The zero-order valence-corrected chi connectivity index (χ0v) is 21.1. The molecule has 36 heavy (non-hydrogen) atoms. The molecule has 190 valence electrons. The minimum atomic E-state index is -0.469. The lowest BCUT2D eigenvalue weighted by molar-refractivity contribution is 0.0824. The summed E-state index contributed by atoms with van der Waals surface area (Å²) in [5, 5.41) is 35.4. The number of fused-ring (bicyclic) bond motifs is 1. The van der Waals surface area contributed by atoms with Crippen molar-refractivity contribution in [2.45, 2.75) is 20.8 Å². The standard InChI is InChI=1S/C26H30N4O6/c1-26(2,3)22(14-10-11-17-18(12-14)36-13-35-17)28-20-19(24(33)30(6)25(20)34)27-16-9-7-8-15(21(16)31)23(32)29(4)5/h7-12,27,31,33-34H,13H2,1-6H3. The third kappa shape index (κ3) is 4.37. The molecule has 4 rings (SSSR count). The average Bonchev–Trinajstić information content (AvgIpc) is 3.36. The highest BCUT2D eigenvalue weighted by molar-refractivity contribution is 6.07. The Balaban J connectivity index is 1.84. The number of phenolic OH excluding ortho intramolecular Hbond substituents is 1. The van der Waals surface area contributed by atoms with Crippen molar-refractivity contribution in [3.8, 4) is 29.0 Å². The number of carbonyl (C=O) groups excluding carboxylic acids is 1. The number of amides is 1. The van der Waals surface area contributed by atoms with Crippen LogP contribution in [0.5, 0.6) is 29.0 Å². The minimum absolute atomic E-state index is 0.0707. The largest absolute Gasteiger partial charge is 0.505 e. The van der Waals surface area contributed by atoms with E-state index < -0.39 is 5.41 Å². The Labute approximate surface area is 209 Å². The molecule has 0 spiro atoms. The second kappa shape index (κ2) is 9.03. The number of benzene rings is 2. The van der Waals surface area contributed by atoms with E-state index in [0.717, 1.165) is 5.56 Å². The number of aliphatic imine (C=N–C) groups is 1. The number of hydrogen-bond acceptors (Lipinski definition) is 8. The van der Waals surface area contributed by atoms with Crippen molar-refractivity contribution in [3.05, 3.63) is 47.5 Å². The number of rotatable bonds is 5. The van der Waals surface area contributed by atoms with E-state index in [0.29, 0.717) is 17.2 Å². The minimum Gasteiger partial charge on any atom is -0.505 e. The van der Waals surface area contributed by atoms with E-state index in [-0.39, 0.29) is 52.8 Å². The molecule has 0 radical (unpaired) electrons. The molecule has 2 aromatic carbocycles. The summed E-state index contributed by atoms with van der Waals surface area (Å²) in [7, 11) is 4.65. The molecular weight excluding hydrogens is 464 g/mol. The maximum absolute atomic E-state index is 12.5. The van der Waals surface area contributed by atoms with Crippen LogP contribution in [0, 0.1) is 5.41 Å². The number of aromatic nitrogens is 1. The highest BCUT2D eigenvalue weighted by atomic mass is 16.7. The quantitative estimate of drug-likeness (QED) is 0.304. The van der Waals surface area contributed by atoms with Gasteiger partial charge in [0, 0.05) is 32.1 Å². The van der Waals surface area contributed by atoms with Crippen LogP contribution in [0.15, 0.2) is 41.4 Å². The molecule has 0 unspecified atom stereocenters. The van der Waals surface area contributed by atoms with Crippen LogP contribution >= 0.6 is 0 Å². The second-order valence-electron chi connectivity index (χ2n) is 9.73.